The molecule has 0 aromatic carbocycles. The van der Waals surface area contributed by atoms with Gasteiger partial charge in [0.15, 0.2) is 0 Å². The largest absolute Gasteiger partial charge is 0.506 e. The predicted octanol–water partition coefficient (Wildman–Crippen LogP) is 1.01. The van der Waals surface area contributed by atoms with Gasteiger partial charge in [-0.15, -0.1) is 0 Å². The molecule has 3 fully saturated rings. The average molecular weight is 273 g/mol. The number of piperidine rings is 3. The van der Waals surface area contributed by atoms with Crippen molar-refractivity contribution in [2.24, 2.45) is 5.92 Å². The molecule has 3 aliphatic heterocycles. The highest BCUT2D eigenvalue weighted by Crippen LogP contribution is 2.27. The van der Waals surface area contributed by atoms with E-state index in [1.807, 2.05) is 0 Å². The Bertz CT molecular complexity index is 522. The summed E-state index contributed by atoms with van der Waals surface area (Å²) in [5.74, 6) is 0.650. The van der Waals surface area contributed by atoms with Crippen LogP contribution in [0.1, 0.15) is 18.4 Å². The van der Waals surface area contributed by atoms with Crippen LogP contribution in [0.25, 0.3) is 6.08 Å². The SMILES string of the molecule is O=C(C=Cc1cncc(O)c1)N[C@H]1CN2CCC1CC2. The van der Waals surface area contributed by atoms with Crippen molar-refractivity contribution in [2.75, 3.05) is 19.6 Å². The van der Waals surface area contributed by atoms with E-state index in [4.69, 9.17) is 0 Å². The van der Waals surface area contributed by atoms with Crippen LogP contribution in [-0.2, 0) is 4.79 Å². The molecule has 5 heteroatoms. The molecule has 2 N–H and O–H groups in total. The zero-order valence-electron chi connectivity index (χ0n) is 11.3. The molecule has 1 aromatic rings. The number of hydrogen-bond acceptors (Lipinski definition) is 4. The highest BCUT2D eigenvalue weighted by atomic mass is 16.3. The molecular weight excluding hydrogens is 254 g/mol. The van der Waals surface area contributed by atoms with Gasteiger partial charge in [-0.2, -0.15) is 0 Å². The van der Waals surface area contributed by atoms with Gasteiger partial charge in [0.2, 0.25) is 5.91 Å². The van der Waals surface area contributed by atoms with Gasteiger partial charge in [-0.05, 0) is 49.6 Å². The van der Waals surface area contributed by atoms with Crippen LogP contribution in [0.4, 0.5) is 0 Å². The van der Waals surface area contributed by atoms with Gasteiger partial charge < -0.3 is 15.3 Å². The highest BCUT2D eigenvalue weighted by Gasteiger charge is 2.34. The number of amides is 1. The van der Waals surface area contributed by atoms with Crippen molar-refractivity contribution in [3.63, 3.8) is 0 Å². The summed E-state index contributed by atoms with van der Waals surface area (Å²) in [6, 6.07) is 1.85. The summed E-state index contributed by atoms with van der Waals surface area (Å²) in [6.45, 7) is 3.31. The number of carbonyl (C=O) groups is 1. The van der Waals surface area contributed by atoms with Crippen LogP contribution >= 0.6 is 0 Å². The normalized spacial score (nSPS) is 28.7. The molecule has 20 heavy (non-hydrogen) atoms. The van der Waals surface area contributed by atoms with Crippen LogP contribution in [-0.4, -0.2) is 46.6 Å². The Balaban J connectivity index is 1.57. The van der Waals surface area contributed by atoms with E-state index in [9.17, 15) is 9.90 Å². The zero-order valence-corrected chi connectivity index (χ0v) is 11.3. The van der Waals surface area contributed by atoms with Gasteiger partial charge in [-0.1, -0.05) is 0 Å². The Morgan fingerprint density at radius 3 is 2.85 bits per heavy atom. The van der Waals surface area contributed by atoms with Crippen molar-refractivity contribution in [2.45, 2.75) is 18.9 Å². The maximum atomic E-state index is 11.9. The van der Waals surface area contributed by atoms with Crippen LogP contribution in [0.2, 0.25) is 0 Å². The van der Waals surface area contributed by atoms with Gasteiger partial charge in [0.25, 0.3) is 0 Å². The zero-order chi connectivity index (χ0) is 13.9. The van der Waals surface area contributed by atoms with E-state index < -0.39 is 0 Å². The number of aromatic nitrogens is 1. The lowest BCUT2D eigenvalue weighted by molar-refractivity contribution is -0.118. The van der Waals surface area contributed by atoms with Gasteiger partial charge in [-0.3, -0.25) is 9.78 Å². The second-order valence-electron chi connectivity index (χ2n) is 5.56. The van der Waals surface area contributed by atoms with Crippen LogP contribution in [0.15, 0.2) is 24.5 Å². The first-order chi connectivity index (χ1) is 9.70. The molecule has 4 rings (SSSR count). The molecule has 3 aliphatic rings. The molecular formula is C15H19N3O2. The number of nitrogens with one attached hydrogen (secondary N) is 1. The van der Waals surface area contributed by atoms with E-state index in [-0.39, 0.29) is 17.7 Å². The molecule has 1 aromatic heterocycles. The molecule has 1 atom stereocenters. The number of fused-ring (bicyclic) bond motifs is 3. The minimum Gasteiger partial charge on any atom is -0.506 e. The molecule has 0 radical (unpaired) electrons. The van der Waals surface area contributed by atoms with Gasteiger partial charge in [0.05, 0.1) is 6.20 Å². The number of rotatable bonds is 3. The van der Waals surface area contributed by atoms with E-state index in [0.29, 0.717) is 11.5 Å². The minimum absolute atomic E-state index is 0.0768. The predicted molar refractivity (Wildman–Crippen MR) is 76.0 cm³/mol. The van der Waals surface area contributed by atoms with Crippen molar-refractivity contribution >= 4 is 12.0 Å². The van der Waals surface area contributed by atoms with Gasteiger partial charge in [-0.25, -0.2) is 0 Å². The van der Waals surface area contributed by atoms with Crippen molar-refractivity contribution in [1.82, 2.24) is 15.2 Å². The first-order valence-corrected chi connectivity index (χ1v) is 7.05. The topological polar surface area (TPSA) is 65.5 Å². The number of aromatic hydroxyl groups is 1. The molecule has 2 bridgehead atoms. The molecule has 3 saturated heterocycles. The summed E-state index contributed by atoms with van der Waals surface area (Å²) in [4.78, 5) is 18.2. The lowest BCUT2D eigenvalue weighted by Crippen LogP contribution is -2.57. The first-order valence-electron chi connectivity index (χ1n) is 7.05. The van der Waals surface area contributed by atoms with Crippen LogP contribution in [0.5, 0.6) is 5.75 Å². The van der Waals surface area contributed by atoms with E-state index >= 15 is 0 Å². The Hall–Kier alpha value is -1.88. The third-order valence-electron chi connectivity index (χ3n) is 4.16. The molecule has 4 heterocycles. The second kappa shape index (κ2) is 5.63. The maximum Gasteiger partial charge on any atom is 0.244 e. The monoisotopic (exact) mass is 273 g/mol. The smallest absolute Gasteiger partial charge is 0.244 e. The summed E-state index contributed by atoms with van der Waals surface area (Å²) < 4.78 is 0. The fraction of sp³-hybridized carbons (Fsp3) is 0.467. The average Bonchev–Trinajstić information content (AvgIpc) is 2.46. The number of pyridine rings is 1. The van der Waals surface area contributed by atoms with Crippen molar-refractivity contribution in [3.05, 3.63) is 30.1 Å². The molecule has 0 spiro atoms. The molecule has 106 valence electrons. The Kier molecular flexibility index (Phi) is 3.69. The van der Waals surface area contributed by atoms with Gasteiger partial charge >= 0.3 is 0 Å². The molecule has 0 saturated carbocycles. The van der Waals surface area contributed by atoms with E-state index in [2.05, 4.69) is 15.2 Å². The lowest BCUT2D eigenvalue weighted by atomic mass is 9.84. The summed E-state index contributed by atoms with van der Waals surface area (Å²) >= 11 is 0. The maximum absolute atomic E-state index is 11.9. The quantitative estimate of drug-likeness (QED) is 0.807. The summed E-state index contributed by atoms with van der Waals surface area (Å²) in [7, 11) is 0. The molecule has 0 unspecified atom stereocenters. The second-order valence-corrected chi connectivity index (χ2v) is 5.56. The van der Waals surface area contributed by atoms with E-state index in [1.54, 1.807) is 18.3 Å². The molecule has 0 aliphatic carbocycles. The number of carbonyl (C=O) groups excluding carboxylic acids is 1. The third kappa shape index (κ3) is 2.99. The molecule has 5 nitrogen and oxygen atoms in total. The number of nitrogens with zero attached hydrogens (tertiary/aromatic N) is 2. The van der Waals surface area contributed by atoms with Gasteiger partial charge in [0, 0.05) is 24.9 Å². The van der Waals surface area contributed by atoms with Crippen LogP contribution in [0.3, 0.4) is 0 Å². The Labute approximate surface area is 118 Å². The van der Waals surface area contributed by atoms with E-state index in [0.717, 1.165) is 6.54 Å². The fourth-order valence-electron chi connectivity index (χ4n) is 3.07. The minimum atomic E-state index is -0.0768. The summed E-state index contributed by atoms with van der Waals surface area (Å²) in [6.07, 6.45) is 8.52. The first kappa shape index (κ1) is 13.1. The van der Waals surface area contributed by atoms with Crippen LogP contribution < -0.4 is 5.32 Å². The Morgan fingerprint density at radius 2 is 2.20 bits per heavy atom. The summed E-state index contributed by atoms with van der Waals surface area (Å²) in [5.41, 5.74) is 0.717. The fourth-order valence-corrected chi connectivity index (χ4v) is 3.07. The third-order valence-corrected chi connectivity index (χ3v) is 4.16. The van der Waals surface area contributed by atoms with E-state index in [1.165, 1.54) is 38.2 Å². The van der Waals surface area contributed by atoms with Gasteiger partial charge in [0.1, 0.15) is 5.75 Å². The Morgan fingerprint density at radius 1 is 1.40 bits per heavy atom. The van der Waals surface area contributed by atoms with Crippen LogP contribution in [0, 0.1) is 5.92 Å². The highest BCUT2D eigenvalue weighted by molar-refractivity contribution is 5.91. The van der Waals surface area contributed by atoms with Crippen molar-refractivity contribution in [3.8, 4) is 5.75 Å². The lowest BCUT2D eigenvalue weighted by Gasteiger charge is -2.44. The standard InChI is InChI=1S/C15H19N3O2/c19-13-7-11(8-16-9-13)1-2-15(20)17-14-10-18-5-3-12(14)4-6-18/h1-2,7-9,12,14,19H,3-6,10H2,(H,17,20)/t14-/m0/s1. The molecule has 1 amide bonds. The number of hydrogen-bond donors (Lipinski definition) is 2. The van der Waals surface area contributed by atoms with Crippen molar-refractivity contribution < 1.29 is 9.90 Å². The van der Waals surface area contributed by atoms with Crippen molar-refractivity contribution in [1.29, 1.82) is 0 Å². The summed E-state index contributed by atoms with van der Waals surface area (Å²) in [5, 5.41) is 12.4.